The van der Waals surface area contributed by atoms with Gasteiger partial charge in [-0.2, -0.15) is 0 Å². The smallest absolute Gasteiger partial charge is 0.410 e. The maximum Gasteiger partial charge on any atom is 0.410 e. The summed E-state index contributed by atoms with van der Waals surface area (Å²) in [5.74, 6) is 0.549. The first-order chi connectivity index (χ1) is 7.42. The SMILES string of the molecule is C=CC1CCCN(C(=O)OC(C)(C)C)CC1. The second-order valence-corrected chi connectivity index (χ2v) is 5.39. The van der Waals surface area contributed by atoms with Gasteiger partial charge in [-0.3, -0.25) is 0 Å². The zero-order valence-corrected chi connectivity index (χ0v) is 10.7. The number of allylic oxidation sites excluding steroid dienone is 1. The van der Waals surface area contributed by atoms with Crippen LogP contribution in [0.5, 0.6) is 0 Å². The van der Waals surface area contributed by atoms with E-state index >= 15 is 0 Å². The summed E-state index contributed by atoms with van der Waals surface area (Å²) in [6.07, 6.45) is 4.98. The summed E-state index contributed by atoms with van der Waals surface area (Å²) < 4.78 is 5.36. The molecule has 0 aromatic heterocycles. The van der Waals surface area contributed by atoms with Gasteiger partial charge in [-0.05, 0) is 46.0 Å². The van der Waals surface area contributed by atoms with Gasteiger partial charge in [0.25, 0.3) is 0 Å². The fourth-order valence-corrected chi connectivity index (χ4v) is 1.87. The molecule has 0 aliphatic carbocycles. The van der Waals surface area contributed by atoms with E-state index in [0.29, 0.717) is 5.92 Å². The van der Waals surface area contributed by atoms with E-state index in [1.807, 2.05) is 31.7 Å². The van der Waals surface area contributed by atoms with E-state index in [9.17, 15) is 4.79 Å². The van der Waals surface area contributed by atoms with Crippen LogP contribution in [-0.2, 0) is 4.74 Å². The Balaban J connectivity index is 2.48. The summed E-state index contributed by atoms with van der Waals surface area (Å²) in [6.45, 7) is 11.1. The van der Waals surface area contributed by atoms with Crippen LogP contribution in [0.2, 0.25) is 0 Å². The van der Waals surface area contributed by atoms with Crippen LogP contribution in [0.15, 0.2) is 12.7 Å². The molecule has 0 saturated carbocycles. The first-order valence-corrected chi connectivity index (χ1v) is 6.03. The first kappa shape index (κ1) is 13.1. The molecule has 3 nitrogen and oxygen atoms in total. The van der Waals surface area contributed by atoms with Gasteiger partial charge in [-0.15, -0.1) is 6.58 Å². The minimum absolute atomic E-state index is 0.183. The molecule has 1 aliphatic rings. The van der Waals surface area contributed by atoms with Crippen LogP contribution in [-0.4, -0.2) is 29.7 Å². The van der Waals surface area contributed by atoms with Crippen molar-refractivity contribution in [2.24, 2.45) is 5.92 Å². The van der Waals surface area contributed by atoms with Gasteiger partial charge in [0.05, 0.1) is 0 Å². The molecule has 1 fully saturated rings. The molecular weight excluding hydrogens is 202 g/mol. The molecule has 0 N–H and O–H groups in total. The summed E-state index contributed by atoms with van der Waals surface area (Å²) in [7, 11) is 0. The summed E-state index contributed by atoms with van der Waals surface area (Å²) in [6, 6.07) is 0. The molecule has 1 unspecified atom stereocenters. The molecule has 0 spiro atoms. The molecule has 3 heteroatoms. The Morgan fingerprint density at radius 2 is 2.06 bits per heavy atom. The van der Waals surface area contributed by atoms with Crippen molar-refractivity contribution < 1.29 is 9.53 Å². The Morgan fingerprint density at radius 3 is 2.62 bits per heavy atom. The van der Waals surface area contributed by atoms with Crippen molar-refractivity contribution in [3.05, 3.63) is 12.7 Å². The van der Waals surface area contributed by atoms with Gasteiger partial charge in [0, 0.05) is 13.1 Å². The van der Waals surface area contributed by atoms with E-state index in [4.69, 9.17) is 4.74 Å². The monoisotopic (exact) mass is 225 g/mol. The van der Waals surface area contributed by atoms with Crippen LogP contribution >= 0.6 is 0 Å². The number of nitrogens with zero attached hydrogens (tertiary/aromatic N) is 1. The fourth-order valence-electron chi connectivity index (χ4n) is 1.87. The zero-order chi connectivity index (χ0) is 12.2. The third-order valence-electron chi connectivity index (χ3n) is 2.76. The van der Waals surface area contributed by atoms with Gasteiger partial charge in [0.2, 0.25) is 0 Å². The van der Waals surface area contributed by atoms with Crippen LogP contribution in [0.4, 0.5) is 4.79 Å². The van der Waals surface area contributed by atoms with Crippen molar-refractivity contribution in [2.45, 2.75) is 45.6 Å². The molecule has 0 aromatic rings. The normalized spacial score (nSPS) is 22.4. The highest BCUT2D eigenvalue weighted by atomic mass is 16.6. The molecule has 1 saturated heterocycles. The minimum Gasteiger partial charge on any atom is -0.444 e. The largest absolute Gasteiger partial charge is 0.444 e. The van der Waals surface area contributed by atoms with Gasteiger partial charge in [0.1, 0.15) is 5.60 Å². The van der Waals surface area contributed by atoms with E-state index in [0.717, 1.165) is 32.4 Å². The number of amides is 1. The standard InChI is InChI=1S/C13H23NO2/c1-5-11-7-6-9-14(10-8-11)12(15)16-13(2,3)4/h5,11H,1,6-10H2,2-4H3. The van der Waals surface area contributed by atoms with Gasteiger partial charge in [0.15, 0.2) is 0 Å². The Kier molecular flexibility index (Phi) is 4.39. The number of hydrogen-bond acceptors (Lipinski definition) is 2. The summed E-state index contributed by atoms with van der Waals surface area (Å²) >= 11 is 0. The maximum absolute atomic E-state index is 11.8. The second kappa shape index (κ2) is 5.37. The number of hydrogen-bond donors (Lipinski definition) is 0. The van der Waals surface area contributed by atoms with E-state index in [2.05, 4.69) is 6.58 Å². The number of ether oxygens (including phenoxy) is 1. The van der Waals surface area contributed by atoms with Crippen molar-refractivity contribution in [1.29, 1.82) is 0 Å². The fraction of sp³-hybridized carbons (Fsp3) is 0.769. The molecule has 0 aromatic carbocycles. The first-order valence-electron chi connectivity index (χ1n) is 6.03. The van der Waals surface area contributed by atoms with Gasteiger partial charge in [-0.25, -0.2) is 4.79 Å². The van der Waals surface area contributed by atoms with E-state index < -0.39 is 5.60 Å². The van der Waals surface area contributed by atoms with E-state index in [-0.39, 0.29) is 6.09 Å². The number of likely N-dealkylation sites (tertiary alicyclic amines) is 1. The maximum atomic E-state index is 11.8. The average Bonchev–Trinajstić information content (AvgIpc) is 2.39. The van der Waals surface area contributed by atoms with Crippen LogP contribution in [0.25, 0.3) is 0 Å². The lowest BCUT2D eigenvalue weighted by Gasteiger charge is -2.26. The molecule has 1 atom stereocenters. The molecular formula is C13H23NO2. The Bertz CT molecular complexity index is 255. The lowest BCUT2D eigenvalue weighted by molar-refractivity contribution is 0.0256. The Morgan fingerprint density at radius 1 is 1.38 bits per heavy atom. The summed E-state index contributed by atoms with van der Waals surface area (Å²) in [5.41, 5.74) is -0.402. The van der Waals surface area contributed by atoms with Crippen LogP contribution in [0.3, 0.4) is 0 Å². The van der Waals surface area contributed by atoms with E-state index in [1.165, 1.54) is 0 Å². The third kappa shape index (κ3) is 4.25. The predicted octanol–water partition coefficient (Wildman–Crippen LogP) is 3.21. The van der Waals surface area contributed by atoms with Crippen molar-refractivity contribution in [3.8, 4) is 0 Å². The van der Waals surface area contributed by atoms with E-state index in [1.54, 1.807) is 0 Å². The molecule has 1 heterocycles. The lowest BCUT2D eigenvalue weighted by atomic mass is 10.0. The molecule has 0 radical (unpaired) electrons. The highest BCUT2D eigenvalue weighted by Crippen LogP contribution is 2.19. The highest BCUT2D eigenvalue weighted by molar-refractivity contribution is 5.68. The van der Waals surface area contributed by atoms with Crippen LogP contribution in [0, 0.1) is 5.92 Å². The second-order valence-electron chi connectivity index (χ2n) is 5.39. The molecule has 0 bridgehead atoms. The Labute approximate surface area is 98.5 Å². The molecule has 1 aliphatic heterocycles. The van der Waals surface area contributed by atoms with Crippen molar-refractivity contribution in [3.63, 3.8) is 0 Å². The van der Waals surface area contributed by atoms with Crippen molar-refractivity contribution in [1.82, 2.24) is 4.90 Å². The minimum atomic E-state index is -0.402. The average molecular weight is 225 g/mol. The lowest BCUT2D eigenvalue weighted by Crippen LogP contribution is -2.37. The number of carbonyl (C=O) groups is 1. The van der Waals surface area contributed by atoms with Crippen molar-refractivity contribution >= 4 is 6.09 Å². The highest BCUT2D eigenvalue weighted by Gasteiger charge is 2.24. The third-order valence-corrected chi connectivity index (χ3v) is 2.76. The molecule has 16 heavy (non-hydrogen) atoms. The topological polar surface area (TPSA) is 29.5 Å². The Hall–Kier alpha value is -0.990. The quantitative estimate of drug-likeness (QED) is 0.641. The number of rotatable bonds is 1. The molecule has 1 rings (SSSR count). The summed E-state index contributed by atoms with van der Waals surface area (Å²) in [5, 5.41) is 0. The predicted molar refractivity (Wildman–Crippen MR) is 65.3 cm³/mol. The summed E-state index contributed by atoms with van der Waals surface area (Å²) in [4.78, 5) is 13.7. The number of carbonyl (C=O) groups excluding carboxylic acids is 1. The van der Waals surface area contributed by atoms with Gasteiger partial charge in [-0.1, -0.05) is 6.08 Å². The van der Waals surface area contributed by atoms with Crippen LogP contribution < -0.4 is 0 Å². The molecule has 1 amide bonds. The van der Waals surface area contributed by atoms with Gasteiger partial charge >= 0.3 is 6.09 Å². The van der Waals surface area contributed by atoms with Gasteiger partial charge < -0.3 is 9.64 Å². The van der Waals surface area contributed by atoms with Crippen molar-refractivity contribution in [2.75, 3.05) is 13.1 Å². The molecule has 92 valence electrons. The van der Waals surface area contributed by atoms with Crippen LogP contribution in [0.1, 0.15) is 40.0 Å². The zero-order valence-electron chi connectivity index (χ0n) is 10.7.